The molecule has 1 aliphatic heterocycles. The molecule has 3 rings (SSSR count). The first kappa shape index (κ1) is 19.6. The van der Waals surface area contributed by atoms with Gasteiger partial charge in [0.2, 0.25) is 5.91 Å². The molecule has 1 saturated heterocycles. The molecular formula is C21H27N3O2S. The van der Waals surface area contributed by atoms with Gasteiger partial charge < -0.3 is 9.80 Å². The van der Waals surface area contributed by atoms with Crippen LogP contribution in [0.15, 0.2) is 35.7 Å². The van der Waals surface area contributed by atoms with Crippen molar-refractivity contribution in [2.24, 2.45) is 0 Å². The molecular weight excluding hydrogens is 358 g/mol. The number of carbonyl (C=O) groups is 2. The van der Waals surface area contributed by atoms with Crippen molar-refractivity contribution in [1.29, 1.82) is 0 Å². The third-order valence-corrected chi connectivity index (χ3v) is 5.85. The summed E-state index contributed by atoms with van der Waals surface area (Å²) in [5.74, 6) is 0.203. The van der Waals surface area contributed by atoms with Gasteiger partial charge in [0, 0.05) is 32.7 Å². The topological polar surface area (TPSA) is 43.9 Å². The molecule has 2 heterocycles. The van der Waals surface area contributed by atoms with Gasteiger partial charge in [-0.25, -0.2) is 0 Å². The lowest BCUT2D eigenvalue weighted by Gasteiger charge is -2.35. The average Bonchev–Trinajstić information content (AvgIpc) is 3.18. The number of hydrogen-bond donors (Lipinski definition) is 0. The Morgan fingerprint density at radius 3 is 2.41 bits per heavy atom. The first-order valence-electron chi connectivity index (χ1n) is 9.29. The molecule has 1 aliphatic rings. The summed E-state index contributed by atoms with van der Waals surface area (Å²) in [6, 6.07) is 10.2. The number of thiophene rings is 1. The minimum absolute atomic E-state index is 0.0732. The van der Waals surface area contributed by atoms with Crippen molar-refractivity contribution in [1.82, 2.24) is 14.7 Å². The van der Waals surface area contributed by atoms with Crippen LogP contribution in [0.4, 0.5) is 0 Å². The monoisotopic (exact) mass is 385 g/mol. The van der Waals surface area contributed by atoms with Crippen LogP contribution in [-0.2, 0) is 11.3 Å². The smallest absolute Gasteiger partial charge is 0.264 e. The molecule has 0 radical (unpaired) electrons. The molecule has 27 heavy (non-hydrogen) atoms. The second-order valence-corrected chi connectivity index (χ2v) is 8.20. The normalized spacial score (nSPS) is 14.7. The summed E-state index contributed by atoms with van der Waals surface area (Å²) in [5, 5.41) is 1.92. The molecule has 1 fully saturated rings. The number of aryl methyl sites for hydroxylation is 2. The molecule has 0 aliphatic carbocycles. The molecule has 0 spiro atoms. The van der Waals surface area contributed by atoms with Crippen LogP contribution < -0.4 is 0 Å². The van der Waals surface area contributed by atoms with Crippen LogP contribution >= 0.6 is 11.3 Å². The van der Waals surface area contributed by atoms with Crippen LogP contribution in [0, 0.1) is 13.8 Å². The molecule has 5 nitrogen and oxygen atoms in total. The minimum Gasteiger partial charge on any atom is -0.338 e. The van der Waals surface area contributed by atoms with Crippen molar-refractivity contribution in [3.05, 3.63) is 57.3 Å². The second kappa shape index (κ2) is 8.67. The number of benzene rings is 1. The minimum atomic E-state index is 0.0732. The summed E-state index contributed by atoms with van der Waals surface area (Å²) in [5.41, 5.74) is 3.77. The Kier molecular flexibility index (Phi) is 6.29. The fourth-order valence-corrected chi connectivity index (χ4v) is 4.11. The van der Waals surface area contributed by atoms with E-state index in [-0.39, 0.29) is 11.8 Å². The van der Waals surface area contributed by atoms with E-state index in [4.69, 9.17) is 0 Å². The largest absolute Gasteiger partial charge is 0.338 e. The number of piperazine rings is 1. The molecule has 1 aromatic carbocycles. The summed E-state index contributed by atoms with van der Waals surface area (Å²) in [6.07, 6.45) is 0. The van der Waals surface area contributed by atoms with Gasteiger partial charge in [-0.05, 0) is 43.5 Å². The summed E-state index contributed by atoms with van der Waals surface area (Å²) in [7, 11) is 1.98. The highest BCUT2D eigenvalue weighted by atomic mass is 32.1. The SMILES string of the molecule is Cc1ccc(CN(C)CC(=O)N2CCN(C(=O)c3cccs3)CC2)c(C)c1. The van der Waals surface area contributed by atoms with Gasteiger partial charge in [-0.3, -0.25) is 14.5 Å². The quantitative estimate of drug-likeness (QED) is 0.795. The first-order valence-corrected chi connectivity index (χ1v) is 10.2. The highest BCUT2D eigenvalue weighted by Gasteiger charge is 2.25. The molecule has 144 valence electrons. The number of nitrogens with zero attached hydrogens (tertiary/aromatic N) is 3. The molecule has 6 heteroatoms. The van der Waals surface area contributed by atoms with E-state index in [2.05, 4.69) is 36.9 Å². The summed E-state index contributed by atoms with van der Waals surface area (Å²) in [4.78, 5) is 31.6. The Balaban J connectivity index is 1.48. The highest BCUT2D eigenvalue weighted by Crippen LogP contribution is 2.15. The number of likely N-dealkylation sites (N-methyl/N-ethyl adjacent to an activating group) is 1. The standard InChI is InChI=1S/C21H27N3O2S/c1-16-6-7-18(17(2)13-16)14-22(3)15-20(25)23-8-10-24(11-9-23)21(26)19-5-4-12-27-19/h4-7,12-13H,8-11,14-15H2,1-3H3. The number of rotatable bonds is 5. The van der Waals surface area contributed by atoms with E-state index in [1.165, 1.54) is 28.0 Å². The molecule has 2 amide bonds. The van der Waals surface area contributed by atoms with Crippen LogP contribution in [0.3, 0.4) is 0 Å². The van der Waals surface area contributed by atoms with Crippen LogP contribution in [-0.4, -0.2) is 66.3 Å². The number of carbonyl (C=O) groups excluding carboxylic acids is 2. The second-order valence-electron chi connectivity index (χ2n) is 7.25. The fourth-order valence-electron chi connectivity index (χ4n) is 3.42. The first-order chi connectivity index (χ1) is 12.9. The fraction of sp³-hybridized carbons (Fsp3) is 0.429. The predicted molar refractivity (Wildman–Crippen MR) is 109 cm³/mol. The van der Waals surface area contributed by atoms with Gasteiger partial charge in [0.15, 0.2) is 0 Å². The zero-order valence-corrected chi connectivity index (χ0v) is 17.1. The van der Waals surface area contributed by atoms with E-state index in [1.807, 2.05) is 34.4 Å². The van der Waals surface area contributed by atoms with Crippen molar-refractivity contribution in [2.75, 3.05) is 39.8 Å². The van der Waals surface area contributed by atoms with E-state index >= 15 is 0 Å². The zero-order valence-electron chi connectivity index (χ0n) is 16.3. The maximum atomic E-state index is 12.6. The molecule has 0 bridgehead atoms. The summed E-state index contributed by atoms with van der Waals surface area (Å²) in [6.45, 7) is 7.77. The van der Waals surface area contributed by atoms with Crippen molar-refractivity contribution in [3.8, 4) is 0 Å². The third-order valence-electron chi connectivity index (χ3n) is 5.00. The predicted octanol–water partition coefficient (Wildman–Crippen LogP) is 2.78. The zero-order chi connectivity index (χ0) is 19.4. The lowest BCUT2D eigenvalue weighted by molar-refractivity contribution is -0.133. The van der Waals surface area contributed by atoms with E-state index < -0.39 is 0 Å². The maximum Gasteiger partial charge on any atom is 0.264 e. The van der Waals surface area contributed by atoms with Crippen LogP contribution in [0.25, 0.3) is 0 Å². The van der Waals surface area contributed by atoms with Gasteiger partial charge in [-0.15, -0.1) is 11.3 Å². The number of amides is 2. The van der Waals surface area contributed by atoms with Crippen molar-refractivity contribution in [2.45, 2.75) is 20.4 Å². The molecule has 2 aromatic rings. The molecule has 0 N–H and O–H groups in total. The Labute approximate surface area is 165 Å². The summed E-state index contributed by atoms with van der Waals surface area (Å²) >= 11 is 1.46. The van der Waals surface area contributed by atoms with Gasteiger partial charge in [-0.2, -0.15) is 0 Å². The Bertz CT molecular complexity index is 796. The van der Waals surface area contributed by atoms with Gasteiger partial charge in [0.05, 0.1) is 11.4 Å². The van der Waals surface area contributed by atoms with E-state index in [0.29, 0.717) is 32.7 Å². The molecule has 0 unspecified atom stereocenters. The molecule has 1 aromatic heterocycles. The van der Waals surface area contributed by atoms with E-state index in [9.17, 15) is 9.59 Å². The van der Waals surface area contributed by atoms with Crippen molar-refractivity contribution < 1.29 is 9.59 Å². The van der Waals surface area contributed by atoms with E-state index in [1.54, 1.807) is 0 Å². The molecule has 0 atom stereocenters. The van der Waals surface area contributed by atoms with Gasteiger partial charge in [0.25, 0.3) is 5.91 Å². The van der Waals surface area contributed by atoms with Crippen LogP contribution in [0.1, 0.15) is 26.4 Å². The van der Waals surface area contributed by atoms with Crippen LogP contribution in [0.2, 0.25) is 0 Å². The van der Waals surface area contributed by atoms with Gasteiger partial charge >= 0.3 is 0 Å². The van der Waals surface area contributed by atoms with Gasteiger partial charge in [0.1, 0.15) is 0 Å². The number of hydrogen-bond acceptors (Lipinski definition) is 4. The lowest BCUT2D eigenvalue weighted by atomic mass is 10.1. The summed E-state index contributed by atoms with van der Waals surface area (Å²) < 4.78 is 0. The van der Waals surface area contributed by atoms with Crippen LogP contribution in [0.5, 0.6) is 0 Å². The van der Waals surface area contributed by atoms with Crippen molar-refractivity contribution in [3.63, 3.8) is 0 Å². The Hall–Kier alpha value is -2.18. The maximum absolute atomic E-state index is 12.6. The third kappa shape index (κ3) is 4.96. The van der Waals surface area contributed by atoms with Gasteiger partial charge in [-0.1, -0.05) is 29.8 Å². The molecule has 0 saturated carbocycles. The van der Waals surface area contributed by atoms with Crippen molar-refractivity contribution >= 4 is 23.2 Å². The Morgan fingerprint density at radius 1 is 1.07 bits per heavy atom. The average molecular weight is 386 g/mol. The Morgan fingerprint density at radius 2 is 1.78 bits per heavy atom. The highest BCUT2D eigenvalue weighted by molar-refractivity contribution is 7.12. The lowest BCUT2D eigenvalue weighted by Crippen LogP contribution is -2.52. The van der Waals surface area contributed by atoms with E-state index in [0.717, 1.165) is 11.4 Å².